The van der Waals surface area contributed by atoms with Gasteiger partial charge < -0.3 is 9.84 Å². The fraction of sp³-hybridized carbons (Fsp3) is 0.278. The minimum absolute atomic E-state index is 0.141. The van der Waals surface area contributed by atoms with E-state index in [4.69, 9.17) is 4.52 Å². The van der Waals surface area contributed by atoms with E-state index in [2.05, 4.69) is 39.8 Å². The molecular weight excluding hydrogens is 304 g/mol. The number of rotatable bonds is 5. The first-order chi connectivity index (χ1) is 11.5. The third-order valence-electron chi connectivity index (χ3n) is 3.95. The van der Waals surface area contributed by atoms with Gasteiger partial charge in [-0.3, -0.25) is 9.48 Å². The molecule has 1 amide bonds. The van der Waals surface area contributed by atoms with Gasteiger partial charge in [-0.05, 0) is 31.4 Å². The smallest absolute Gasteiger partial charge is 0.256 e. The molecule has 1 N–H and O–H groups in total. The molecule has 0 unspecified atom stereocenters. The molecule has 0 saturated carbocycles. The number of nitrogens with zero attached hydrogens (tertiary/aromatic N) is 3. The average molecular weight is 324 g/mol. The lowest BCUT2D eigenvalue weighted by atomic mass is 10.1. The Hall–Kier alpha value is -2.89. The molecule has 2 aromatic heterocycles. The standard InChI is InChI=1S/C18H20N4O2/c1-12-17(13(2)24-21-12)18(23)19-9-8-14-4-6-15(7-5-14)16-10-20-22(3)11-16/h4-7,10-11H,8-9H2,1-3H3,(H,19,23). The molecule has 6 heteroatoms. The minimum atomic E-state index is -0.141. The summed E-state index contributed by atoms with van der Waals surface area (Å²) in [5.74, 6) is 0.407. The maximum Gasteiger partial charge on any atom is 0.256 e. The average Bonchev–Trinajstić information content (AvgIpc) is 3.14. The summed E-state index contributed by atoms with van der Waals surface area (Å²) in [4.78, 5) is 12.2. The molecule has 3 rings (SSSR count). The second-order valence-corrected chi connectivity index (χ2v) is 5.80. The molecule has 0 saturated heterocycles. The van der Waals surface area contributed by atoms with Crippen molar-refractivity contribution in [3.63, 3.8) is 0 Å². The molecular formula is C18H20N4O2. The SMILES string of the molecule is Cc1noc(C)c1C(=O)NCCc1ccc(-c2cnn(C)c2)cc1. The number of carbonyl (C=O) groups is 1. The third kappa shape index (κ3) is 3.37. The van der Waals surface area contributed by atoms with E-state index < -0.39 is 0 Å². The van der Waals surface area contributed by atoms with Gasteiger partial charge >= 0.3 is 0 Å². The Bertz CT molecular complexity index is 827. The summed E-state index contributed by atoms with van der Waals surface area (Å²) in [6.07, 6.45) is 4.60. The molecule has 124 valence electrons. The summed E-state index contributed by atoms with van der Waals surface area (Å²) in [7, 11) is 1.90. The van der Waals surface area contributed by atoms with E-state index in [1.807, 2.05) is 19.4 Å². The van der Waals surface area contributed by atoms with Crippen LogP contribution in [0.4, 0.5) is 0 Å². The summed E-state index contributed by atoms with van der Waals surface area (Å²) in [6, 6.07) is 8.29. The fourth-order valence-corrected chi connectivity index (χ4v) is 2.65. The van der Waals surface area contributed by atoms with Crippen LogP contribution in [0.5, 0.6) is 0 Å². The third-order valence-corrected chi connectivity index (χ3v) is 3.95. The molecule has 0 aliphatic carbocycles. The van der Waals surface area contributed by atoms with Gasteiger partial charge in [0.15, 0.2) is 0 Å². The summed E-state index contributed by atoms with van der Waals surface area (Å²) < 4.78 is 6.81. The number of benzene rings is 1. The molecule has 0 aliphatic rings. The predicted octanol–water partition coefficient (Wildman–Crippen LogP) is 2.66. The lowest BCUT2D eigenvalue weighted by Gasteiger charge is -2.06. The molecule has 0 bridgehead atoms. The number of carbonyl (C=O) groups excluding carboxylic acids is 1. The van der Waals surface area contributed by atoms with Gasteiger partial charge in [0.05, 0.1) is 11.9 Å². The number of hydrogen-bond donors (Lipinski definition) is 1. The quantitative estimate of drug-likeness (QED) is 0.783. The maximum atomic E-state index is 12.2. The molecule has 1 aromatic carbocycles. The predicted molar refractivity (Wildman–Crippen MR) is 90.7 cm³/mol. The number of aryl methyl sites for hydroxylation is 3. The summed E-state index contributed by atoms with van der Waals surface area (Å²) in [5.41, 5.74) is 4.54. The number of aromatic nitrogens is 3. The van der Waals surface area contributed by atoms with Gasteiger partial charge in [-0.25, -0.2) is 0 Å². The van der Waals surface area contributed by atoms with E-state index in [9.17, 15) is 4.79 Å². The van der Waals surface area contributed by atoms with Gasteiger partial charge in [0.2, 0.25) is 0 Å². The first-order valence-corrected chi connectivity index (χ1v) is 7.83. The Kier molecular flexibility index (Phi) is 4.46. The molecule has 0 radical (unpaired) electrons. The van der Waals surface area contributed by atoms with Gasteiger partial charge in [-0.15, -0.1) is 0 Å². The lowest BCUT2D eigenvalue weighted by Crippen LogP contribution is -2.26. The van der Waals surface area contributed by atoms with Crippen molar-refractivity contribution in [1.29, 1.82) is 0 Å². The Morgan fingerprint density at radius 2 is 1.96 bits per heavy atom. The summed E-state index contributed by atoms with van der Waals surface area (Å²) in [6.45, 7) is 4.07. The highest BCUT2D eigenvalue weighted by molar-refractivity contribution is 5.96. The van der Waals surface area contributed by atoms with Crippen LogP contribution in [-0.4, -0.2) is 27.4 Å². The summed E-state index contributed by atoms with van der Waals surface area (Å²) in [5, 5.41) is 10.9. The highest BCUT2D eigenvalue weighted by atomic mass is 16.5. The minimum Gasteiger partial charge on any atom is -0.361 e. The van der Waals surface area contributed by atoms with Crippen LogP contribution in [0.3, 0.4) is 0 Å². The van der Waals surface area contributed by atoms with Crippen LogP contribution in [-0.2, 0) is 13.5 Å². The highest BCUT2D eigenvalue weighted by Gasteiger charge is 2.16. The summed E-state index contributed by atoms with van der Waals surface area (Å²) >= 11 is 0. The molecule has 0 fully saturated rings. The van der Waals surface area contributed by atoms with E-state index in [1.54, 1.807) is 18.5 Å². The first kappa shape index (κ1) is 16.0. The van der Waals surface area contributed by atoms with Crippen molar-refractivity contribution in [3.05, 3.63) is 59.2 Å². The van der Waals surface area contributed by atoms with Gasteiger partial charge in [-0.2, -0.15) is 5.10 Å². The second kappa shape index (κ2) is 6.70. The van der Waals surface area contributed by atoms with Gasteiger partial charge in [0.25, 0.3) is 5.91 Å². The van der Waals surface area contributed by atoms with Crippen LogP contribution in [0.2, 0.25) is 0 Å². The van der Waals surface area contributed by atoms with Crippen LogP contribution < -0.4 is 5.32 Å². The molecule has 2 heterocycles. The van der Waals surface area contributed by atoms with Gasteiger partial charge in [-0.1, -0.05) is 29.4 Å². The zero-order valence-electron chi connectivity index (χ0n) is 14.0. The van der Waals surface area contributed by atoms with Crippen LogP contribution in [0.25, 0.3) is 11.1 Å². The van der Waals surface area contributed by atoms with E-state index in [1.165, 1.54) is 5.56 Å². The largest absolute Gasteiger partial charge is 0.361 e. The Morgan fingerprint density at radius 3 is 2.54 bits per heavy atom. The zero-order chi connectivity index (χ0) is 17.1. The molecule has 0 spiro atoms. The molecule has 24 heavy (non-hydrogen) atoms. The molecule has 0 atom stereocenters. The Balaban J connectivity index is 1.56. The van der Waals surface area contributed by atoms with Crippen molar-refractivity contribution < 1.29 is 9.32 Å². The first-order valence-electron chi connectivity index (χ1n) is 7.83. The van der Waals surface area contributed by atoms with Crippen molar-refractivity contribution in [2.45, 2.75) is 20.3 Å². The number of nitrogens with one attached hydrogen (secondary N) is 1. The van der Waals surface area contributed by atoms with E-state index in [0.29, 0.717) is 23.6 Å². The van der Waals surface area contributed by atoms with Crippen molar-refractivity contribution in [2.75, 3.05) is 6.54 Å². The molecule has 0 aliphatic heterocycles. The second-order valence-electron chi connectivity index (χ2n) is 5.80. The fourth-order valence-electron chi connectivity index (χ4n) is 2.65. The highest BCUT2D eigenvalue weighted by Crippen LogP contribution is 2.19. The number of hydrogen-bond acceptors (Lipinski definition) is 4. The topological polar surface area (TPSA) is 73.0 Å². The molecule has 6 nitrogen and oxygen atoms in total. The van der Waals surface area contributed by atoms with E-state index >= 15 is 0 Å². The van der Waals surface area contributed by atoms with Crippen molar-refractivity contribution in [2.24, 2.45) is 7.05 Å². The maximum absolute atomic E-state index is 12.2. The number of amides is 1. The van der Waals surface area contributed by atoms with Crippen LogP contribution in [0.1, 0.15) is 27.4 Å². The Morgan fingerprint density at radius 1 is 1.21 bits per heavy atom. The van der Waals surface area contributed by atoms with Gasteiger partial charge in [0, 0.05) is 25.4 Å². The lowest BCUT2D eigenvalue weighted by molar-refractivity contribution is 0.0952. The monoisotopic (exact) mass is 324 g/mol. The van der Waals surface area contributed by atoms with Crippen LogP contribution in [0, 0.1) is 13.8 Å². The van der Waals surface area contributed by atoms with E-state index in [0.717, 1.165) is 17.5 Å². The molecule has 3 aromatic rings. The van der Waals surface area contributed by atoms with Crippen molar-refractivity contribution in [3.8, 4) is 11.1 Å². The van der Waals surface area contributed by atoms with Gasteiger partial charge in [0.1, 0.15) is 11.3 Å². The normalized spacial score (nSPS) is 10.8. The van der Waals surface area contributed by atoms with Crippen molar-refractivity contribution >= 4 is 5.91 Å². The zero-order valence-corrected chi connectivity index (χ0v) is 14.0. The van der Waals surface area contributed by atoms with E-state index in [-0.39, 0.29) is 5.91 Å². The van der Waals surface area contributed by atoms with Crippen molar-refractivity contribution in [1.82, 2.24) is 20.3 Å². The Labute approximate surface area is 140 Å². The van der Waals surface area contributed by atoms with Crippen LogP contribution >= 0.6 is 0 Å². The van der Waals surface area contributed by atoms with Crippen LogP contribution in [0.15, 0.2) is 41.2 Å².